The van der Waals surface area contributed by atoms with Gasteiger partial charge in [0, 0.05) is 21.9 Å². The van der Waals surface area contributed by atoms with E-state index < -0.39 is 0 Å². The highest BCUT2D eigenvalue weighted by molar-refractivity contribution is 7.99. The summed E-state index contributed by atoms with van der Waals surface area (Å²) in [6.45, 7) is 0. The Bertz CT molecular complexity index is 802. The van der Waals surface area contributed by atoms with Crippen LogP contribution in [0.2, 0.25) is 0 Å². The minimum absolute atomic E-state index is 0.0632. The van der Waals surface area contributed by atoms with Crippen LogP contribution in [0.3, 0.4) is 0 Å². The number of carbonyl (C=O) groups excluding carboxylic acids is 1. The molecule has 1 atom stereocenters. The Labute approximate surface area is 162 Å². The molecule has 0 aliphatic heterocycles. The third kappa shape index (κ3) is 5.13. The number of thioether (sulfide) groups is 1. The standard InChI is InChI=1S/C21H21NO2S2/c1-24-17-9-11-18(12-10-17)25-15-13-20(23)22-21(19-8-5-14-26-19)16-6-3-2-4-7-16/h2-12,14,21H,13,15H2,1H3,(H,22,23). The highest BCUT2D eigenvalue weighted by Crippen LogP contribution is 2.26. The lowest BCUT2D eigenvalue weighted by atomic mass is 10.1. The lowest BCUT2D eigenvalue weighted by molar-refractivity contribution is -0.121. The van der Waals surface area contributed by atoms with Gasteiger partial charge >= 0.3 is 0 Å². The van der Waals surface area contributed by atoms with Gasteiger partial charge in [-0.3, -0.25) is 4.79 Å². The first kappa shape index (κ1) is 18.5. The van der Waals surface area contributed by atoms with Gasteiger partial charge in [-0.1, -0.05) is 36.4 Å². The molecule has 1 amide bonds. The van der Waals surface area contributed by atoms with Crippen LogP contribution in [0.15, 0.2) is 77.0 Å². The second-order valence-corrected chi connectivity index (χ2v) is 7.85. The van der Waals surface area contributed by atoms with Gasteiger partial charge in [0.2, 0.25) is 5.91 Å². The number of ether oxygens (including phenoxy) is 1. The topological polar surface area (TPSA) is 38.3 Å². The van der Waals surface area contributed by atoms with Crippen LogP contribution in [0, 0.1) is 0 Å². The number of hydrogen-bond donors (Lipinski definition) is 1. The molecule has 0 fully saturated rings. The fourth-order valence-corrected chi connectivity index (χ4v) is 4.24. The number of thiophene rings is 1. The van der Waals surface area contributed by atoms with Crippen LogP contribution in [0.1, 0.15) is 22.9 Å². The van der Waals surface area contributed by atoms with Crippen LogP contribution < -0.4 is 10.1 Å². The maximum atomic E-state index is 12.5. The molecule has 0 aliphatic rings. The Balaban J connectivity index is 1.56. The second-order valence-electron chi connectivity index (χ2n) is 5.70. The molecule has 2 aromatic carbocycles. The molecule has 0 bridgehead atoms. The molecule has 3 aromatic rings. The molecule has 1 unspecified atom stereocenters. The molecule has 0 saturated heterocycles. The van der Waals surface area contributed by atoms with Crippen LogP contribution >= 0.6 is 23.1 Å². The zero-order valence-electron chi connectivity index (χ0n) is 14.6. The van der Waals surface area contributed by atoms with E-state index in [1.165, 1.54) is 0 Å². The van der Waals surface area contributed by atoms with Crippen molar-refractivity contribution >= 4 is 29.0 Å². The van der Waals surface area contributed by atoms with Crippen molar-refractivity contribution in [2.24, 2.45) is 0 Å². The van der Waals surface area contributed by atoms with E-state index >= 15 is 0 Å². The second kappa shape index (κ2) is 9.46. The largest absolute Gasteiger partial charge is 0.497 e. The zero-order chi connectivity index (χ0) is 18.2. The van der Waals surface area contributed by atoms with Gasteiger partial charge in [-0.2, -0.15) is 0 Å². The lowest BCUT2D eigenvalue weighted by Crippen LogP contribution is -2.29. The van der Waals surface area contributed by atoms with Crippen molar-refractivity contribution in [3.05, 3.63) is 82.6 Å². The number of carbonyl (C=O) groups is 1. The zero-order valence-corrected chi connectivity index (χ0v) is 16.2. The van der Waals surface area contributed by atoms with Crippen molar-refractivity contribution in [2.45, 2.75) is 17.4 Å². The fourth-order valence-electron chi connectivity index (χ4n) is 2.59. The Hall–Kier alpha value is -2.24. The summed E-state index contributed by atoms with van der Waals surface area (Å²) in [6.07, 6.45) is 0.478. The minimum Gasteiger partial charge on any atom is -0.497 e. The summed E-state index contributed by atoms with van der Waals surface area (Å²) in [7, 11) is 1.66. The van der Waals surface area contributed by atoms with Gasteiger partial charge in [-0.05, 0) is 41.3 Å². The van der Waals surface area contributed by atoms with E-state index in [1.807, 2.05) is 53.9 Å². The van der Waals surface area contributed by atoms with Crippen LogP contribution in [-0.2, 0) is 4.79 Å². The molecule has 0 aliphatic carbocycles. The molecule has 3 nitrogen and oxygen atoms in total. The number of rotatable bonds is 8. The smallest absolute Gasteiger partial charge is 0.221 e. The first-order valence-electron chi connectivity index (χ1n) is 8.41. The summed E-state index contributed by atoms with van der Waals surface area (Å²) in [6, 6.07) is 22.0. The van der Waals surface area contributed by atoms with Gasteiger partial charge in [0.25, 0.3) is 0 Å². The van der Waals surface area contributed by atoms with Gasteiger partial charge in [0.15, 0.2) is 0 Å². The maximum Gasteiger partial charge on any atom is 0.221 e. The average molecular weight is 384 g/mol. The number of amides is 1. The highest BCUT2D eigenvalue weighted by atomic mass is 32.2. The fraction of sp³-hybridized carbons (Fsp3) is 0.190. The van der Waals surface area contributed by atoms with Crippen molar-refractivity contribution in [3.63, 3.8) is 0 Å². The summed E-state index contributed by atoms with van der Waals surface area (Å²) in [5.74, 6) is 1.64. The summed E-state index contributed by atoms with van der Waals surface area (Å²) >= 11 is 3.33. The van der Waals surface area contributed by atoms with Gasteiger partial charge in [-0.25, -0.2) is 0 Å². The van der Waals surface area contributed by atoms with Crippen molar-refractivity contribution in [1.29, 1.82) is 0 Å². The predicted octanol–water partition coefficient (Wildman–Crippen LogP) is 5.14. The normalized spacial score (nSPS) is 11.7. The quantitative estimate of drug-likeness (QED) is 0.547. The molecule has 3 rings (SSSR count). The van der Waals surface area contributed by atoms with E-state index in [2.05, 4.69) is 23.5 Å². The molecule has 134 valence electrons. The third-order valence-electron chi connectivity index (χ3n) is 3.92. The molecule has 0 saturated carbocycles. The van der Waals surface area contributed by atoms with E-state index in [4.69, 9.17) is 4.74 Å². The molecule has 1 aromatic heterocycles. The van der Waals surface area contributed by atoms with E-state index in [1.54, 1.807) is 30.2 Å². The Morgan fingerprint density at radius 2 is 1.85 bits per heavy atom. The molecule has 1 heterocycles. The average Bonchev–Trinajstić information content (AvgIpc) is 3.22. The minimum atomic E-state index is -0.0883. The summed E-state index contributed by atoms with van der Waals surface area (Å²) in [5, 5.41) is 5.22. The Morgan fingerprint density at radius 3 is 2.50 bits per heavy atom. The van der Waals surface area contributed by atoms with Crippen molar-refractivity contribution in [1.82, 2.24) is 5.32 Å². The van der Waals surface area contributed by atoms with Crippen LogP contribution in [0.25, 0.3) is 0 Å². The van der Waals surface area contributed by atoms with Crippen molar-refractivity contribution in [2.75, 3.05) is 12.9 Å². The number of methoxy groups -OCH3 is 1. The van der Waals surface area contributed by atoms with Crippen molar-refractivity contribution in [3.8, 4) is 5.75 Å². The first-order chi connectivity index (χ1) is 12.8. The molecule has 0 spiro atoms. The molecule has 1 N–H and O–H groups in total. The van der Waals surface area contributed by atoms with E-state index in [-0.39, 0.29) is 11.9 Å². The van der Waals surface area contributed by atoms with Gasteiger partial charge in [0.1, 0.15) is 5.75 Å². The first-order valence-corrected chi connectivity index (χ1v) is 10.3. The van der Waals surface area contributed by atoms with E-state index in [0.717, 1.165) is 26.8 Å². The summed E-state index contributed by atoms with van der Waals surface area (Å²) in [4.78, 5) is 14.8. The Morgan fingerprint density at radius 1 is 1.08 bits per heavy atom. The van der Waals surface area contributed by atoms with Crippen molar-refractivity contribution < 1.29 is 9.53 Å². The number of nitrogens with one attached hydrogen (secondary N) is 1. The summed E-state index contributed by atoms with van der Waals surface area (Å²) < 4.78 is 5.16. The molecular weight excluding hydrogens is 362 g/mol. The third-order valence-corrected chi connectivity index (χ3v) is 5.87. The number of benzene rings is 2. The maximum absolute atomic E-state index is 12.5. The molecular formula is C21H21NO2S2. The Kier molecular flexibility index (Phi) is 6.75. The van der Waals surface area contributed by atoms with Gasteiger partial charge in [0.05, 0.1) is 13.2 Å². The van der Waals surface area contributed by atoms with Gasteiger partial charge in [-0.15, -0.1) is 23.1 Å². The van der Waals surface area contributed by atoms with Gasteiger partial charge < -0.3 is 10.1 Å². The SMILES string of the molecule is COc1ccc(SCCC(=O)NC(c2ccccc2)c2cccs2)cc1. The molecule has 26 heavy (non-hydrogen) atoms. The van der Waals surface area contributed by atoms with E-state index in [0.29, 0.717) is 6.42 Å². The van der Waals surface area contributed by atoms with Crippen LogP contribution in [0.4, 0.5) is 0 Å². The molecule has 0 radical (unpaired) electrons. The molecule has 5 heteroatoms. The van der Waals surface area contributed by atoms with Crippen LogP contribution in [-0.4, -0.2) is 18.8 Å². The van der Waals surface area contributed by atoms with E-state index in [9.17, 15) is 4.79 Å². The summed E-state index contributed by atoms with van der Waals surface area (Å²) in [5.41, 5.74) is 1.10. The van der Waals surface area contributed by atoms with Crippen LogP contribution in [0.5, 0.6) is 5.75 Å². The monoisotopic (exact) mass is 383 g/mol. The predicted molar refractivity (Wildman–Crippen MR) is 109 cm³/mol. The lowest BCUT2D eigenvalue weighted by Gasteiger charge is -2.18. The number of hydrogen-bond acceptors (Lipinski definition) is 4. The highest BCUT2D eigenvalue weighted by Gasteiger charge is 2.17.